The molecule has 1 aromatic carbocycles. The number of sulfonamides is 1. The van der Waals surface area contributed by atoms with Crippen LogP contribution in [0.2, 0.25) is 5.02 Å². The summed E-state index contributed by atoms with van der Waals surface area (Å²) < 4.78 is 30.0. The number of aromatic nitrogens is 1. The van der Waals surface area contributed by atoms with Crippen molar-refractivity contribution in [2.24, 2.45) is 0 Å². The van der Waals surface area contributed by atoms with Gasteiger partial charge in [-0.2, -0.15) is 4.31 Å². The molecule has 2 aromatic heterocycles. The van der Waals surface area contributed by atoms with Crippen molar-refractivity contribution < 1.29 is 18.0 Å². The molecule has 6 rings (SSSR count). The molecule has 1 atom stereocenters. The lowest BCUT2D eigenvalue weighted by Gasteiger charge is -2.40. The number of halogens is 1. The summed E-state index contributed by atoms with van der Waals surface area (Å²) >= 11 is 8.69. The summed E-state index contributed by atoms with van der Waals surface area (Å²) in [5.74, 6) is -0.282. The molecule has 14 heteroatoms. The molecule has 3 aliphatic rings. The lowest BCUT2D eigenvalue weighted by Crippen LogP contribution is -2.57. The molecule has 1 unspecified atom stereocenters. The summed E-state index contributed by atoms with van der Waals surface area (Å²) in [5, 5.41) is 5.89. The van der Waals surface area contributed by atoms with E-state index in [-0.39, 0.29) is 42.1 Å². The van der Waals surface area contributed by atoms with Crippen molar-refractivity contribution in [3.05, 3.63) is 44.9 Å². The first-order valence-electron chi connectivity index (χ1n) is 13.3. The van der Waals surface area contributed by atoms with Crippen molar-refractivity contribution in [2.75, 3.05) is 46.8 Å². The number of likely N-dealkylation sites (tertiary alicyclic amines) is 1. The van der Waals surface area contributed by atoms with E-state index in [1.54, 1.807) is 23.1 Å². The fraction of sp³-hybridized carbons (Fsp3) is 0.500. The molecule has 214 valence electrons. The molecule has 10 nitrogen and oxygen atoms in total. The topological polar surface area (TPSA) is 97.4 Å². The highest BCUT2D eigenvalue weighted by atomic mass is 35.5. The maximum absolute atomic E-state index is 13.8. The van der Waals surface area contributed by atoms with Crippen LogP contribution in [0.5, 0.6) is 0 Å². The minimum absolute atomic E-state index is 0.0438. The maximum Gasteiger partial charge on any atom is 0.283 e. The average Bonchev–Trinajstić information content (AvgIpc) is 3.68. The number of rotatable bonds is 5. The Bertz CT molecular complexity index is 1540. The Morgan fingerprint density at radius 1 is 1.02 bits per heavy atom. The fourth-order valence-electron chi connectivity index (χ4n) is 5.53. The largest absolute Gasteiger partial charge is 0.343 e. The van der Waals surface area contributed by atoms with E-state index in [9.17, 15) is 18.0 Å². The summed E-state index contributed by atoms with van der Waals surface area (Å²) in [7, 11) is 0.145. The quantitative estimate of drug-likeness (QED) is 0.431. The van der Waals surface area contributed by atoms with Crippen LogP contribution in [-0.4, -0.2) is 102 Å². The zero-order valence-electron chi connectivity index (χ0n) is 22.4. The molecule has 40 heavy (non-hydrogen) atoms. The summed E-state index contributed by atoms with van der Waals surface area (Å²) in [6.07, 6.45) is 2.00. The van der Waals surface area contributed by atoms with E-state index < -0.39 is 16.1 Å². The third-order valence-corrected chi connectivity index (χ3v) is 12.6. The van der Waals surface area contributed by atoms with Gasteiger partial charge in [0.05, 0.1) is 18.3 Å². The monoisotopic (exact) mass is 622 g/mol. The number of carbonyl (C=O) groups is 2. The van der Waals surface area contributed by atoms with Crippen molar-refractivity contribution in [1.29, 1.82) is 0 Å². The zero-order chi connectivity index (χ0) is 28.2. The third kappa shape index (κ3) is 5.28. The maximum atomic E-state index is 13.8. The van der Waals surface area contributed by atoms with Crippen LogP contribution in [0, 0.1) is 0 Å². The Labute approximate surface area is 246 Å². The van der Waals surface area contributed by atoms with E-state index in [2.05, 4.69) is 15.0 Å². The number of hydrazine groups is 1. The van der Waals surface area contributed by atoms with Gasteiger partial charge in [-0.15, -0.1) is 22.7 Å². The summed E-state index contributed by atoms with van der Waals surface area (Å²) in [6.45, 7) is 3.10. The van der Waals surface area contributed by atoms with Gasteiger partial charge in [-0.3, -0.25) is 9.59 Å². The molecule has 5 heterocycles. The molecule has 3 aromatic rings. The summed E-state index contributed by atoms with van der Waals surface area (Å²) in [6, 6.07) is 6.40. The highest BCUT2D eigenvalue weighted by molar-refractivity contribution is 7.91. The normalized spacial score (nSPS) is 21.3. The number of benzene rings is 1. The molecular weight excluding hydrogens is 592 g/mol. The fourth-order valence-corrected chi connectivity index (χ4v) is 9.90. The number of thiazole rings is 1. The van der Waals surface area contributed by atoms with Crippen LogP contribution in [0.25, 0.3) is 10.1 Å². The van der Waals surface area contributed by atoms with Gasteiger partial charge in [-0.25, -0.2) is 23.4 Å². The second kappa shape index (κ2) is 10.9. The van der Waals surface area contributed by atoms with E-state index in [1.165, 1.54) is 27.0 Å². The predicted octanol–water partition coefficient (Wildman–Crippen LogP) is 3.33. The Morgan fingerprint density at radius 2 is 1.77 bits per heavy atom. The number of thiophene rings is 1. The number of amides is 2. The SMILES string of the molecule is CN1Cc2nc(C(=O)N3CCN(S(=O)(=O)c4cc5ccc(Cl)cc5s4)CC3CC(=O)N3CCCC3)sc2CN1C. The molecule has 0 spiro atoms. The highest BCUT2D eigenvalue weighted by Crippen LogP contribution is 2.34. The van der Waals surface area contributed by atoms with Crippen molar-refractivity contribution >= 4 is 66.2 Å². The number of nitrogens with zero attached hydrogens (tertiary/aromatic N) is 6. The summed E-state index contributed by atoms with van der Waals surface area (Å²) in [5.41, 5.74) is 0.893. The molecule has 0 aliphatic carbocycles. The molecule has 0 N–H and O–H groups in total. The van der Waals surface area contributed by atoms with Crippen LogP contribution in [0.4, 0.5) is 0 Å². The standard InChI is InChI=1S/C26H31ClN6O4S3/c1-29-15-20-22(16-30(29)2)39-25(28-20)26(35)33-10-9-32(14-19(33)13-23(34)31-7-3-4-8-31)40(36,37)24-11-17-5-6-18(27)12-21(17)38-24/h5-6,11-12,19H,3-4,7-10,13-16H2,1-2H3. The van der Waals surface area contributed by atoms with Gasteiger partial charge in [0.15, 0.2) is 5.01 Å². The first-order valence-corrected chi connectivity index (χ1v) is 16.7. The first kappa shape index (κ1) is 28.0. The van der Waals surface area contributed by atoms with Crippen molar-refractivity contribution in [3.8, 4) is 0 Å². The second-order valence-electron chi connectivity index (χ2n) is 10.6. The zero-order valence-corrected chi connectivity index (χ0v) is 25.6. The van der Waals surface area contributed by atoms with E-state index in [4.69, 9.17) is 11.6 Å². The third-order valence-electron chi connectivity index (χ3n) is 7.92. The Kier molecular flexibility index (Phi) is 7.66. The van der Waals surface area contributed by atoms with Gasteiger partial charge in [0.25, 0.3) is 15.9 Å². The molecule has 0 saturated carbocycles. The van der Waals surface area contributed by atoms with Crippen molar-refractivity contribution in [1.82, 2.24) is 29.1 Å². The Hall–Kier alpha value is -2.13. The van der Waals surface area contributed by atoms with Crippen LogP contribution < -0.4 is 0 Å². The van der Waals surface area contributed by atoms with Crippen LogP contribution >= 0.6 is 34.3 Å². The molecule has 3 aliphatic heterocycles. The van der Waals surface area contributed by atoms with E-state index in [1.807, 2.05) is 25.1 Å². The van der Waals surface area contributed by atoms with Gasteiger partial charge in [-0.05, 0) is 36.4 Å². The van der Waals surface area contributed by atoms with Crippen LogP contribution in [-0.2, 0) is 27.9 Å². The van der Waals surface area contributed by atoms with Gasteiger partial charge in [-0.1, -0.05) is 17.7 Å². The van der Waals surface area contributed by atoms with Gasteiger partial charge in [0, 0.05) is 74.4 Å². The number of carbonyl (C=O) groups excluding carboxylic acids is 2. The molecule has 2 fully saturated rings. The molecular formula is C26H31ClN6O4S3. The number of hydrogen-bond acceptors (Lipinski definition) is 9. The Morgan fingerprint density at radius 3 is 2.55 bits per heavy atom. The highest BCUT2D eigenvalue weighted by Gasteiger charge is 2.40. The molecule has 0 radical (unpaired) electrons. The summed E-state index contributed by atoms with van der Waals surface area (Å²) in [4.78, 5) is 36.2. The van der Waals surface area contributed by atoms with Crippen molar-refractivity contribution in [3.63, 3.8) is 0 Å². The van der Waals surface area contributed by atoms with E-state index in [0.717, 1.165) is 33.5 Å². The van der Waals surface area contributed by atoms with Crippen LogP contribution in [0.1, 0.15) is 39.6 Å². The minimum Gasteiger partial charge on any atom is -0.343 e. The van der Waals surface area contributed by atoms with Gasteiger partial charge in [0.2, 0.25) is 5.91 Å². The molecule has 2 saturated heterocycles. The average molecular weight is 623 g/mol. The van der Waals surface area contributed by atoms with Crippen LogP contribution in [0.15, 0.2) is 28.5 Å². The smallest absolute Gasteiger partial charge is 0.283 e. The molecule has 0 bridgehead atoms. The van der Waals surface area contributed by atoms with Gasteiger partial charge >= 0.3 is 0 Å². The number of fused-ring (bicyclic) bond motifs is 2. The second-order valence-corrected chi connectivity index (χ2v) is 15.3. The lowest BCUT2D eigenvalue weighted by atomic mass is 10.1. The van der Waals surface area contributed by atoms with Gasteiger partial charge in [0.1, 0.15) is 4.21 Å². The van der Waals surface area contributed by atoms with Crippen LogP contribution in [0.3, 0.4) is 0 Å². The first-order chi connectivity index (χ1) is 19.1. The van der Waals surface area contributed by atoms with E-state index in [0.29, 0.717) is 36.2 Å². The lowest BCUT2D eigenvalue weighted by molar-refractivity contribution is -0.131. The predicted molar refractivity (Wildman–Crippen MR) is 156 cm³/mol. The van der Waals surface area contributed by atoms with Crippen molar-refractivity contribution in [2.45, 2.75) is 42.6 Å². The number of piperazine rings is 1. The minimum atomic E-state index is -3.83. The van der Waals surface area contributed by atoms with E-state index >= 15 is 0 Å². The number of hydrogen-bond donors (Lipinski definition) is 0. The van der Waals surface area contributed by atoms with Gasteiger partial charge < -0.3 is 9.80 Å². The molecule has 2 amide bonds. The Balaban J connectivity index is 1.27.